The Bertz CT molecular complexity index is 993. The normalized spacial score (nSPS) is 12.6. The number of nitrogen functional groups attached to an aromatic ring is 1. The van der Waals surface area contributed by atoms with E-state index in [1.54, 1.807) is 4.90 Å². The molecule has 7 heteroatoms. The number of hydrogen-bond donors (Lipinski definition) is 1. The van der Waals surface area contributed by atoms with E-state index < -0.39 is 0 Å². The van der Waals surface area contributed by atoms with Gasteiger partial charge in [-0.05, 0) is 37.0 Å². The maximum absolute atomic E-state index is 13.0. The molecule has 0 saturated carbocycles. The second-order valence-corrected chi connectivity index (χ2v) is 9.49. The number of anilines is 1. The predicted molar refractivity (Wildman–Crippen MR) is 124 cm³/mol. The fourth-order valence-electron chi connectivity index (χ4n) is 3.18. The van der Waals surface area contributed by atoms with Gasteiger partial charge in [-0.15, -0.1) is 10.2 Å². The number of nitrogens with zero attached hydrogens (tertiary/aromatic N) is 4. The summed E-state index contributed by atoms with van der Waals surface area (Å²) in [5.74, 6) is 6.86. The van der Waals surface area contributed by atoms with Crippen LogP contribution in [0.2, 0.25) is 0 Å². The molecule has 0 spiro atoms. The number of hydrogen-bond acceptors (Lipinski definition) is 5. The maximum atomic E-state index is 13.0. The van der Waals surface area contributed by atoms with Gasteiger partial charge >= 0.3 is 0 Å². The van der Waals surface area contributed by atoms with Crippen molar-refractivity contribution in [2.24, 2.45) is 0 Å². The first-order valence-electron chi connectivity index (χ1n) is 10.1. The van der Waals surface area contributed by atoms with E-state index in [0.29, 0.717) is 17.5 Å². The number of carbonyl (C=O) groups is 1. The molecule has 1 aromatic heterocycles. The first-order valence-corrected chi connectivity index (χ1v) is 10.9. The Balaban J connectivity index is 1.76. The number of carbonyl (C=O) groups excluding carboxylic acids is 1. The molecule has 0 saturated heterocycles. The number of rotatable bonds is 6. The lowest BCUT2D eigenvalue weighted by Crippen LogP contribution is -2.36. The van der Waals surface area contributed by atoms with Gasteiger partial charge in [0.25, 0.3) is 0 Å². The molecule has 2 aromatic carbocycles. The minimum Gasteiger partial charge on any atom is -0.335 e. The van der Waals surface area contributed by atoms with Crippen LogP contribution < -0.4 is 10.7 Å². The summed E-state index contributed by atoms with van der Waals surface area (Å²) in [4.78, 5) is 14.8. The Hall–Kier alpha value is -2.80. The fourth-order valence-corrected chi connectivity index (χ4v) is 4.01. The molecule has 1 amide bonds. The molecule has 0 fully saturated rings. The standard InChI is InChI=1S/C23H29N5OS/c1-6-27(19-10-8-7-9-11-19)21(29)16(2)30-22-26-25-20(28(22)24)17-12-14-18(15-13-17)23(3,4)5/h7-16H,6,24H2,1-5H3. The number of benzene rings is 2. The van der Waals surface area contributed by atoms with Crippen LogP contribution in [-0.2, 0) is 10.2 Å². The van der Waals surface area contributed by atoms with Gasteiger partial charge in [0, 0.05) is 17.8 Å². The van der Waals surface area contributed by atoms with E-state index in [0.717, 1.165) is 11.3 Å². The summed E-state index contributed by atoms with van der Waals surface area (Å²) < 4.78 is 1.46. The van der Waals surface area contributed by atoms with Gasteiger partial charge in [0.05, 0.1) is 5.25 Å². The maximum Gasteiger partial charge on any atom is 0.240 e. The van der Waals surface area contributed by atoms with E-state index in [-0.39, 0.29) is 16.6 Å². The molecular formula is C23H29N5OS. The number of para-hydroxylation sites is 1. The number of thioether (sulfide) groups is 1. The predicted octanol–water partition coefficient (Wildman–Crippen LogP) is 4.49. The second kappa shape index (κ2) is 8.92. The molecule has 0 radical (unpaired) electrons. The van der Waals surface area contributed by atoms with Crippen LogP contribution in [0.4, 0.5) is 5.69 Å². The summed E-state index contributed by atoms with van der Waals surface area (Å²) in [7, 11) is 0. The first kappa shape index (κ1) is 21.9. The summed E-state index contributed by atoms with van der Waals surface area (Å²) in [6, 6.07) is 17.8. The lowest BCUT2D eigenvalue weighted by atomic mass is 9.87. The number of aromatic nitrogens is 3. The van der Waals surface area contributed by atoms with Crippen LogP contribution in [0.5, 0.6) is 0 Å². The Kier molecular flexibility index (Phi) is 6.51. The summed E-state index contributed by atoms with van der Waals surface area (Å²) in [5, 5.41) is 8.63. The van der Waals surface area contributed by atoms with Gasteiger partial charge in [0.2, 0.25) is 11.1 Å². The third-order valence-corrected chi connectivity index (χ3v) is 6.00. The van der Waals surface area contributed by atoms with Gasteiger partial charge in [0.1, 0.15) is 0 Å². The van der Waals surface area contributed by atoms with Crippen molar-refractivity contribution in [3.05, 3.63) is 60.2 Å². The molecule has 0 aliphatic heterocycles. The van der Waals surface area contributed by atoms with Crippen LogP contribution in [0.1, 0.15) is 40.2 Å². The topological polar surface area (TPSA) is 77.0 Å². The Morgan fingerprint density at radius 3 is 2.30 bits per heavy atom. The van der Waals surface area contributed by atoms with E-state index in [1.807, 2.05) is 56.3 Å². The summed E-state index contributed by atoms with van der Waals surface area (Å²) >= 11 is 1.31. The molecular weight excluding hydrogens is 394 g/mol. The molecule has 3 rings (SSSR count). The summed E-state index contributed by atoms with van der Waals surface area (Å²) in [6.45, 7) is 11.0. The van der Waals surface area contributed by atoms with Crippen LogP contribution in [0.15, 0.2) is 59.8 Å². The minimum atomic E-state index is -0.354. The lowest BCUT2D eigenvalue weighted by molar-refractivity contribution is -0.117. The molecule has 0 aliphatic carbocycles. The van der Waals surface area contributed by atoms with Crippen molar-refractivity contribution in [2.75, 3.05) is 17.3 Å². The van der Waals surface area contributed by atoms with E-state index >= 15 is 0 Å². The molecule has 2 N–H and O–H groups in total. The van der Waals surface area contributed by atoms with E-state index in [4.69, 9.17) is 5.84 Å². The van der Waals surface area contributed by atoms with Gasteiger partial charge < -0.3 is 10.7 Å². The lowest BCUT2D eigenvalue weighted by Gasteiger charge is -2.24. The van der Waals surface area contributed by atoms with Gasteiger partial charge in [-0.25, -0.2) is 4.68 Å². The Morgan fingerprint density at radius 1 is 1.10 bits per heavy atom. The van der Waals surface area contributed by atoms with Crippen molar-refractivity contribution in [1.29, 1.82) is 0 Å². The molecule has 1 heterocycles. The minimum absolute atomic E-state index is 0.00720. The smallest absolute Gasteiger partial charge is 0.240 e. The molecule has 3 aromatic rings. The molecule has 1 unspecified atom stereocenters. The molecule has 158 valence electrons. The van der Waals surface area contributed by atoms with E-state index in [1.165, 1.54) is 22.0 Å². The Morgan fingerprint density at radius 2 is 1.73 bits per heavy atom. The highest BCUT2D eigenvalue weighted by Crippen LogP contribution is 2.29. The first-order chi connectivity index (χ1) is 14.2. The van der Waals surface area contributed by atoms with Crippen molar-refractivity contribution in [3.63, 3.8) is 0 Å². The van der Waals surface area contributed by atoms with Crippen molar-refractivity contribution in [3.8, 4) is 11.4 Å². The average Bonchev–Trinajstić information content (AvgIpc) is 3.09. The number of nitrogens with two attached hydrogens (primary N) is 1. The second-order valence-electron chi connectivity index (χ2n) is 8.18. The molecule has 30 heavy (non-hydrogen) atoms. The highest BCUT2D eigenvalue weighted by molar-refractivity contribution is 8.00. The van der Waals surface area contributed by atoms with Crippen LogP contribution in [-0.4, -0.2) is 32.6 Å². The zero-order chi connectivity index (χ0) is 21.9. The molecule has 0 aliphatic rings. The SMILES string of the molecule is CCN(C(=O)C(C)Sc1nnc(-c2ccc(C(C)(C)C)cc2)n1N)c1ccccc1. The third kappa shape index (κ3) is 4.67. The summed E-state index contributed by atoms with van der Waals surface area (Å²) in [6.07, 6.45) is 0. The van der Waals surface area contributed by atoms with Crippen molar-refractivity contribution in [1.82, 2.24) is 14.9 Å². The highest BCUT2D eigenvalue weighted by Gasteiger charge is 2.24. The van der Waals surface area contributed by atoms with Crippen LogP contribution in [0, 0.1) is 0 Å². The van der Waals surface area contributed by atoms with Crippen LogP contribution in [0.25, 0.3) is 11.4 Å². The monoisotopic (exact) mass is 423 g/mol. The zero-order valence-corrected chi connectivity index (χ0v) is 19.0. The van der Waals surface area contributed by atoms with Crippen LogP contribution in [0.3, 0.4) is 0 Å². The van der Waals surface area contributed by atoms with Crippen molar-refractivity contribution in [2.45, 2.75) is 50.4 Å². The molecule has 1 atom stereocenters. The van der Waals surface area contributed by atoms with E-state index in [2.05, 4.69) is 43.1 Å². The van der Waals surface area contributed by atoms with Gasteiger partial charge in [-0.2, -0.15) is 0 Å². The third-order valence-electron chi connectivity index (χ3n) is 4.95. The van der Waals surface area contributed by atoms with Gasteiger partial charge in [-0.3, -0.25) is 4.79 Å². The molecule has 6 nitrogen and oxygen atoms in total. The number of amides is 1. The summed E-state index contributed by atoms with van der Waals surface area (Å²) in [5.41, 5.74) is 3.09. The van der Waals surface area contributed by atoms with Crippen LogP contribution >= 0.6 is 11.8 Å². The fraction of sp³-hybridized carbons (Fsp3) is 0.348. The van der Waals surface area contributed by atoms with Gasteiger partial charge in [0.15, 0.2) is 5.82 Å². The highest BCUT2D eigenvalue weighted by atomic mass is 32.2. The Labute approximate surface area is 182 Å². The molecule has 0 bridgehead atoms. The van der Waals surface area contributed by atoms with Crippen molar-refractivity contribution >= 4 is 23.4 Å². The quantitative estimate of drug-likeness (QED) is 0.467. The largest absolute Gasteiger partial charge is 0.335 e. The van der Waals surface area contributed by atoms with Gasteiger partial charge in [-0.1, -0.05) is 75.0 Å². The zero-order valence-electron chi connectivity index (χ0n) is 18.2. The van der Waals surface area contributed by atoms with Crippen molar-refractivity contribution < 1.29 is 4.79 Å². The van der Waals surface area contributed by atoms with E-state index in [9.17, 15) is 4.79 Å². The average molecular weight is 424 g/mol.